The highest BCUT2D eigenvalue weighted by molar-refractivity contribution is 5.94. The lowest BCUT2D eigenvalue weighted by molar-refractivity contribution is 0.0587. The molecule has 2 aromatic carbocycles. The Morgan fingerprint density at radius 1 is 0.941 bits per heavy atom. The number of carbonyl (C=O) groups is 1. The Morgan fingerprint density at radius 2 is 1.71 bits per heavy atom. The molecule has 2 atom stereocenters. The molecule has 0 spiro atoms. The van der Waals surface area contributed by atoms with Crippen molar-refractivity contribution < 1.29 is 9.21 Å². The zero-order chi connectivity index (χ0) is 23.3. The smallest absolute Gasteiger partial charge is 0.254 e. The van der Waals surface area contributed by atoms with Crippen LogP contribution in [0, 0.1) is 12.8 Å². The summed E-state index contributed by atoms with van der Waals surface area (Å²) in [6.45, 7) is 5.82. The summed E-state index contributed by atoms with van der Waals surface area (Å²) in [5.41, 5.74) is 3.58. The predicted octanol–water partition coefficient (Wildman–Crippen LogP) is 6.28. The van der Waals surface area contributed by atoms with Crippen molar-refractivity contribution in [2.45, 2.75) is 57.5 Å². The summed E-state index contributed by atoms with van der Waals surface area (Å²) in [5, 5.41) is 0. The number of hydrogen-bond acceptors (Lipinski definition) is 3. The van der Waals surface area contributed by atoms with E-state index in [1.807, 2.05) is 36.4 Å². The zero-order valence-electron chi connectivity index (χ0n) is 20.2. The van der Waals surface area contributed by atoms with Gasteiger partial charge >= 0.3 is 0 Å². The van der Waals surface area contributed by atoms with E-state index in [2.05, 4.69) is 47.1 Å². The molecule has 1 amide bonds. The third-order valence-corrected chi connectivity index (χ3v) is 7.79. The molecule has 1 saturated heterocycles. The lowest BCUT2D eigenvalue weighted by Crippen LogP contribution is -2.45. The second-order valence-corrected chi connectivity index (χ2v) is 10.1. The van der Waals surface area contributed by atoms with Gasteiger partial charge in [0.25, 0.3) is 5.91 Å². The van der Waals surface area contributed by atoms with Gasteiger partial charge in [-0.1, -0.05) is 61.7 Å². The summed E-state index contributed by atoms with van der Waals surface area (Å²) >= 11 is 0. The van der Waals surface area contributed by atoms with Crippen LogP contribution < -0.4 is 0 Å². The van der Waals surface area contributed by atoms with Crippen molar-refractivity contribution in [2.75, 3.05) is 19.6 Å². The Bertz CT molecular complexity index is 1060. The average molecular weight is 457 g/mol. The molecule has 4 heteroatoms. The highest BCUT2D eigenvalue weighted by Gasteiger charge is 2.38. The van der Waals surface area contributed by atoms with E-state index in [4.69, 9.17) is 4.42 Å². The molecule has 2 heterocycles. The van der Waals surface area contributed by atoms with Gasteiger partial charge in [0.2, 0.25) is 0 Å². The standard InChI is InChI=1S/C30H36N2O2/c1-23-11-8-9-17-28(23)29-22-31(21-27-16-10-18-34-27)19-25(29)20-32(26-14-6-3-7-15-26)30(33)24-12-4-2-5-13-24/h2,4-5,8-13,16-18,25-26,29H,3,6-7,14-15,19-22H2,1H3/t25-,29-/m0/s1. The maximum Gasteiger partial charge on any atom is 0.254 e. The predicted molar refractivity (Wildman–Crippen MR) is 136 cm³/mol. The highest BCUT2D eigenvalue weighted by atomic mass is 16.3. The van der Waals surface area contributed by atoms with E-state index >= 15 is 0 Å². The molecule has 0 unspecified atom stereocenters. The number of amides is 1. The molecule has 2 fully saturated rings. The summed E-state index contributed by atoms with van der Waals surface area (Å²) in [4.78, 5) is 18.5. The lowest BCUT2D eigenvalue weighted by atomic mass is 9.85. The number of benzene rings is 2. The van der Waals surface area contributed by atoms with E-state index in [9.17, 15) is 4.79 Å². The fourth-order valence-electron chi connectivity index (χ4n) is 6.04. The second-order valence-electron chi connectivity index (χ2n) is 10.1. The number of likely N-dealkylation sites (tertiary alicyclic amines) is 1. The number of rotatable bonds is 7. The number of hydrogen-bond donors (Lipinski definition) is 0. The highest BCUT2D eigenvalue weighted by Crippen LogP contribution is 2.37. The van der Waals surface area contributed by atoms with Gasteiger partial charge in [-0.2, -0.15) is 0 Å². The van der Waals surface area contributed by atoms with E-state index in [1.165, 1.54) is 30.4 Å². The van der Waals surface area contributed by atoms with Gasteiger partial charge in [-0.3, -0.25) is 9.69 Å². The van der Waals surface area contributed by atoms with Crippen LogP contribution in [0.3, 0.4) is 0 Å². The summed E-state index contributed by atoms with van der Waals surface area (Å²) in [5.74, 6) is 2.01. The summed E-state index contributed by atoms with van der Waals surface area (Å²) < 4.78 is 5.66. The first-order valence-electron chi connectivity index (χ1n) is 12.9. The molecule has 178 valence electrons. The van der Waals surface area contributed by atoms with Crippen LogP contribution >= 0.6 is 0 Å². The topological polar surface area (TPSA) is 36.7 Å². The summed E-state index contributed by atoms with van der Waals surface area (Å²) in [6.07, 6.45) is 7.73. The molecule has 0 bridgehead atoms. The first kappa shape index (κ1) is 22.9. The van der Waals surface area contributed by atoms with Crippen molar-refractivity contribution in [1.82, 2.24) is 9.80 Å². The molecule has 4 nitrogen and oxygen atoms in total. The Labute approximate surface area is 203 Å². The number of aryl methyl sites for hydroxylation is 1. The van der Waals surface area contributed by atoms with Crippen molar-refractivity contribution in [2.24, 2.45) is 5.92 Å². The Kier molecular flexibility index (Phi) is 7.15. The van der Waals surface area contributed by atoms with Gasteiger partial charge in [0.1, 0.15) is 5.76 Å². The van der Waals surface area contributed by atoms with Crippen molar-refractivity contribution in [3.05, 3.63) is 95.4 Å². The monoisotopic (exact) mass is 456 g/mol. The van der Waals surface area contributed by atoms with Crippen LogP contribution in [0.2, 0.25) is 0 Å². The van der Waals surface area contributed by atoms with Crippen LogP contribution in [0.5, 0.6) is 0 Å². The molecule has 2 aliphatic rings. The largest absolute Gasteiger partial charge is 0.468 e. The van der Waals surface area contributed by atoms with E-state index in [1.54, 1.807) is 6.26 Å². The third kappa shape index (κ3) is 5.12. The van der Waals surface area contributed by atoms with Gasteiger partial charge in [-0.25, -0.2) is 0 Å². The Morgan fingerprint density at radius 3 is 2.44 bits per heavy atom. The molecule has 5 rings (SSSR count). The van der Waals surface area contributed by atoms with Crippen molar-refractivity contribution in [3.8, 4) is 0 Å². The second kappa shape index (κ2) is 10.6. The first-order valence-corrected chi connectivity index (χ1v) is 12.9. The van der Waals surface area contributed by atoms with E-state index in [-0.39, 0.29) is 5.91 Å². The molecule has 34 heavy (non-hydrogen) atoms. The summed E-state index contributed by atoms with van der Waals surface area (Å²) in [6, 6.07) is 23.0. The number of nitrogens with zero attached hydrogens (tertiary/aromatic N) is 2. The van der Waals surface area contributed by atoms with Crippen LogP contribution in [-0.2, 0) is 6.54 Å². The molecular weight excluding hydrogens is 420 g/mol. The molecule has 1 saturated carbocycles. The van der Waals surface area contributed by atoms with E-state index in [0.29, 0.717) is 17.9 Å². The van der Waals surface area contributed by atoms with E-state index in [0.717, 1.165) is 50.3 Å². The van der Waals surface area contributed by atoms with Gasteiger partial charge < -0.3 is 9.32 Å². The molecule has 0 N–H and O–H groups in total. The average Bonchev–Trinajstić information content (AvgIpc) is 3.53. The van der Waals surface area contributed by atoms with Gasteiger partial charge in [0.15, 0.2) is 0 Å². The zero-order valence-corrected chi connectivity index (χ0v) is 20.2. The molecule has 1 aliphatic carbocycles. The minimum atomic E-state index is 0.195. The van der Waals surface area contributed by atoms with Crippen LogP contribution in [0.4, 0.5) is 0 Å². The minimum Gasteiger partial charge on any atom is -0.468 e. The molecule has 3 aromatic rings. The Hall–Kier alpha value is -2.85. The van der Waals surface area contributed by atoms with Gasteiger partial charge in [-0.05, 0) is 61.1 Å². The van der Waals surface area contributed by atoms with E-state index < -0.39 is 0 Å². The fraction of sp³-hybridized carbons (Fsp3) is 0.433. The van der Waals surface area contributed by atoms with Crippen LogP contribution in [-0.4, -0.2) is 41.4 Å². The maximum atomic E-state index is 13.8. The van der Waals surface area contributed by atoms with Crippen molar-refractivity contribution in [1.29, 1.82) is 0 Å². The maximum absolute atomic E-state index is 13.8. The third-order valence-electron chi connectivity index (χ3n) is 7.79. The normalized spacial score (nSPS) is 21.6. The molecule has 0 radical (unpaired) electrons. The van der Waals surface area contributed by atoms with Gasteiger partial charge in [0.05, 0.1) is 12.8 Å². The number of furan rings is 1. The van der Waals surface area contributed by atoms with Crippen LogP contribution in [0.15, 0.2) is 77.4 Å². The minimum absolute atomic E-state index is 0.195. The fourth-order valence-corrected chi connectivity index (χ4v) is 6.04. The van der Waals surface area contributed by atoms with Crippen LogP contribution in [0.25, 0.3) is 0 Å². The first-order chi connectivity index (χ1) is 16.7. The Balaban J connectivity index is 1.42. The van der Waals surface area contributed by atoms with Crippen LogP contribution in [0.1, 0.15) is 65.3 Å². The lowest BCUT2D eigenvalue weighted by Gasteiger charge is -2.37. The molecule has 1 aromatic heterocycles. The van der Waals surface area contributed by atoms with Gasteiger partial charge in [-0.15, -0.1) is 0 Å². The summed E-state index contributed by atoms with van der Waals surface area (Å²) in [7, 11) is 0. The van der Waals surface area contributed by atoms with Crippen molar-refractivity contribution in [3.63, 3.8) is 0 Å². The molecular formula is C30H36N2O2. The SMILES string of the molecule is Cc1ccccc1[C@H]1CN(Cc2ccco2)C[C@H]1CN(C(=O)c1ccccc1)C1CCCCC1. The quantitative estimate of drug-likeness (QED) is 0.420. The number of carbonyl (C=O) groups excluding carboxylic acids is 1. The van der Waals surface area contributed by atoms with Crippen molar-refractivity contribution >= 4 is 5.91 Å². The molecule has 1 aliphatic heterocycles. The van der Waals surface area contributed by atoms with Gasteiger partial charge in [0, 0.05) is 37.2 Å².